The Kier molecular flexibility index (Phi) is 3.80. The van der Waals surface area contributed by atoms with E-state index in [0.717, 1.165) is 28.2 Å². The van der Waals surface area contributed by atoms with Gasteiger partial charge in [0.1, 0.15) is 0 Å². The predicted molar refractivity (Wildman–Crippen MR) is 90.0 cm³/mol. The van der Waals surface area contributed by atoms with Gasteiger partial charge in [-0.2, -0.15) is 0 Å². The predicted octanol–water partition coefficient (Wildman–Crippen LogP) is 5.12. The second kappa shape index (κ2) is 5.74. The van der Waals surface area contributed by atoms with Gasteiger partial charge in [-0.3, -0.25) is 4.98 Å². The van der Waals surface area contributed by atoms with E-state index in [1.807, 2.05) is 24.3 Å². The van der Waals surface area contributed by atoms with Crippen LogP contribution in [0.25, 0.3) is 10.9 Å². The molecule has 0 saturated carbocycles. The summed E-state index contributed by atoms with van der Waals surface area (Å²) in [7, 11) is 0. The van der Waals surface area contributed by atoms with Gasteiger partial charge < -0.3 is 5.32 Å². The molecule has 1 aromatic heterocycles. The highest BCUT2D eigenvalue weighted by Crippen LogP contribution is 2.28. The summed E-state index contributed by atoms with van der Waals surface area (Å²) < 4.78 is 0. The van der Waals surface area contributed by atoms with Crippen LogP contribution in [0.2, 0.25) is 5.02 Å². The van der Waals surface area contributed by atoms with E-state index in [4.69, 9.17) is 11.6 Å². The summed E-state index contributed by atoms with van der Waals surface area (Å²) in [6.45, 7) is 5.03. The van der Waals surface area contributed by atoms with Gasteiger partial charge in [-0.15, -0.1) is 0 Å². The first kappa shape index (κ1) is 13.9. The van der Waals surface area contributed by atoms with E-state index in [1.54, 1.807) is 6.20 Å². The fraction of sp³-hybridized carbons (Fsp3) is 0.167. The molecule has 0 amide bonds. The number of anilines is 1. The fourth-order valence-electron chi connectivity index (χ4n) is 2.46. The van der Waals surface area contributed by atoms with E-state index < -0.39 is 0 Å². The zero-order valence-corrected chi connectivity index (χ0v) is 12.9. The molecule has 106 valence electrons. The number of benzene rings is 2. The SMILES string of the molecule is Cc1ccc(C)c(CNc2ccc(Cl)c3cccnc23)c1. The molecule has 3 heteroatoms. The Morgan fingerprint density at radius 1 is 1.10 bits per heavy atom. The average molecular weight is 297 g/mol. The molecule has 21 heavy (non-hydrogen) atoms. The largest absolute Gasteiger partial charge is 0.379 e. The van der Waals surface area contributed by atoms with Gasteiger partial charge in [0.15, 0.2) is 0 Å². The topological polar surface area (TPSA) is 24.9 Å². The van der Waals surface area contributed by atoms with Crippen molar-refractivity contribution in [3.63, 3.8) is 0 Å². The Morgan fingerprint density at radius 3 is 2.81 bits per heavy atom. The standard InChI is InChI=1S/C18H17ClN2/c1-12-5-6-13(2)14(10-12)11-21-17-8-7-16(19)15-4-3-9-20-18(15)17/h3-10,21H,11H2,1-2H3. The van der Waals surface area contributed by atoms with E-state index in [1.165, 1.54) is 16.7 Å². The van der Waals surface area contributed by atoms with Gasteiger partial charge in [-0.1, -0.05) is 35.4 Å². The van der Waals surface area contributed by atoms with E-state index in [2.05, 4.69) is 42.3 Å². The molecule has 3 aromatic rings. The molecule has 2 aromatic carbocycles. The summed E-state index contributed by atoms with van der Waals surface area (Å²) in [6.07, 6.45) is 1.79. The van der Waals surface area contributed by atoms with Crippen LogP contribution in [0.15, 0.2) is 48.7 Å². The lowest BCUT2D eigenvalue weighted by atomic mass is 10.1. The molecule has 0 fully saturated rings. The van der Waals surface area contributed by atoms with Crippen LogP contribution < -0.4 is 5.32 Å². The number of rotatable bonds is 3. The summed E-state index contributed by atoms with van der Waals surface area (Å²) >= 11 is 6.22. The highest BCUT2D eigenvalue weighted by Gasteiger charge is 2.06. The molecular weight excluding hydrogens is 280 g/mol. The van der Waals surface area contributed by atoms with Crippen LogP contribution in [-0.4, -0.2) is 4.98 Å². The highest BCUT2D eigenvalue weighted by molar-refractivity contribution is 6.35. The van der Waals surface area contributed by atoms with Crippen LogP contribution in [0.1, 0.15) is 16.7 Å². The van der Waals surface area contributed by atoms with Crippen LogP contribution >= 0.6 is 11.6 Å². The summed E-state index contributed by atoms with van der Waals surface area (Å²) in [6, 6.07) is 14.3. The molecule has 0 bridgehead atoms. The minimum absolute atomic E-state index is 0.732. The zero-order chi connectivity index (χ0) is 14.8. The molecule has 0 unspecified atom stereocenters. The van der Waals surface area contributed by atoms with Crippen molar-refractivity contribution < 1.29 is 0 Å². The lowest BCUT2D eigenvalue weighted by Gasteiger charge is -2.12. The van der Waals surface area contributed by atoms with Crippen molar-refractivity contribution in [2.24, 2.45) is 0 Å². The molecule has 2 nitrogen and oxygen atoms in total. The van der Waals surface area contributed by atoms with Crippen molar-refractivity contribution in [2.45, 2.75) is 20.4 Å². The maximum atomic E-state index is 6.22. The van der Waals surface area contributed by atoms with E-state index >= 15 is 0 Å². The van der Waals surface area contributed by atoms with Crippen molar-refractivity contribution in [3.05, 3.63) is 70.4 Å². The van der Waals surface area contributed by atoms with Crippen molar-refractivity contribution >= 4 is 28.2 Å². The maximum absolute atomic E-state index is 6.22. The molecular formula is C18H17ClN2. The minimum atomic E-state index is 0.732. The van der Waals surface area contributed by atoms with Crippen molar-refractivity contribution in [1.29, 1.82) is 0 Å². The summed E-state index contributed by atoms with van der Waals surface area (Å²) in [5, 5.41) is 5.19. The number of aromatic nitrogens is 1. The average Bonchev–Trinajstić information content (AvgIpc) is 2.50. The van der Waals surface area contributed by atoms with Crippen molar-refractivity contribution in [2.75, 3.05) is 5.32 Å². The van der Waals surface area contributed by atoms with E-state index in [9.17, 15) is 0 Å². The maximum Gasteiger partial charge on any atom is 0.0948 e. The summed E-state index contributed by atoms with van der Waals surface area (Å²) in [5.74, 6) is 0. The second-order valence-corrected chi connectivity index (χ2v) is 5.69. The van der Waals surface area contributed by atoms with E-state index in [-0.39, 0.29) is 0 Å². The van der Waals surface area contributed by atoms with Gasteiger partial charge in [0.25, 0.3) is 0 Å². The third-order valence-corrected chi connectivity index (χ3v) is 4.02. The third kappa shape index (κ3) is 2.86. The Balaban J connectivity index is 1.92. The number of aryl methyl sites for hydroxylation is 2. The summed E-state index contributed by atoms with van der Waals surface area (Å²) in [5.41, 5.74) is 5.79. The molecule has 0 atom stereocenters. The van der Waals surface area contributed by atoms with Crippen LogP contribution in [-0.2, 0) is 6.54 Å². The molecule has 0 aliphatic carbocycles. The smallest absolute Gasteiger partial charge is 0.0948 e. The van der Waals surface area contributed by atoms with Gasteiger partial charge in [0.2, 0.25) is 0 Å². The number of fused-ring (bicyclic) bond motifs is 1. The number of hydrogen-bond acceptors (Lipinski definition) is 2. The normalized spacial score (nSPS) is 10.8. The van der Waals surface area contributed by atoms with Crippen molar-refractivity contribution in [3.8, 4) is 0 Å². The van der Waals surface area contributed by atoms with Gasteiger partial charge in [0.05, 0.1) is 16.2 Å². The Morgan fingerprint density at radius 2 is 1.95 bits per heavy atom. The second-order valence-electron chi connectivity index (χ2n) is 5.28. The van der Waals surface area contributed by atoms with Gasteiger partial charge in [0, 0.05) is 18.1 Å². The minimum Gasteiger partial charge on any atom is -0.379 e. The van der Waals surface area contributed by atoms with Crippen molar-refractivity contribution in [1.82, 2.24) is 4.98 Å². The first-order valence-electron chi connectivity index (χ1n) is 6.98. The lowest BCUT2D eigenvalue weighted by molar-refractivity contribution is 1.11. The first-order chi connectivity index (χ1) is 10.1. The molecule has 1 N–H and O–H groups in total. The molecule has 0 spiro atoms. The van der Waals surface area contributed by atoms with E-state index in [0.29, 0.717) is 0 Å². The number of halogens is 1. The monoisotopic (exact) mass is 296 g/mol. The fourth-order valence-corrected chi connectivity index (χ4v) is 2.68. The molecule has 0 aliphatic rings. The number of pyridine rings is 1. The number of nitrogens with one attached hydrogen (secondary N) is 1. The molecule has 1 heterocycles. The Bertz CT molecular complexity index is 796. The van der Waals surface area contributed by atoms with Gasteiger partial charge >= 0.3 is 0 Å². The van der Waals surface area contributed by atoms with Crippen LogP contribution in [0, 0.1) is 13.8 Å². The number of nitrogens with zero attached hydrogens (tertiary/aromatic N) is 1. The lowest BCUT2D eigenvalue weighted by Crippen LogP contribution is -2.02. The summed E-state index contributed by atoms with van der Waals surface area (Å²) in [4.78, 5) is 4.45. The number of hydrogen-bond donors (Lipinski definition) is 1. The Hall–Kier alpha value is -2.06. The zero-order valence-electron chi connectivity index (χ0n) is 12.2. The molecule has 0 saturated heterocycles. The van der Waals surface area contributed by atoms with Gasteiger partial charge in [-0.25, -0.2) is 0 Å². The highest BCUT2D eigenvalue weighted by atomic mass is 35.5. The molecule has 0 aliphatic heterocycles. The molecule has 3 rings (SSSR count). The molecule has 0 radical (unpaired) electrons. The quantitative estimate of drug-likeness (QED) is 0.726. The first-order valence-corrected chi connectivity index (χ1v) is 7.36. The van der Waals surface area contributed by atoms with Gasteiger partial charge in [-0.05, 0) is 49.2 Å². The Labute approximate surface area is 129 Å². The third-order valence-electron chi connectivity index (χ3n) is 3.69. The van der Waals surface area contributed by atoms with Crippen LogP contribution in [0.5, 0.6) is 0 Å². The van der Waals surface area contributed by atoms with Crippen LogP contribution in [0.3, 0.4) is 0 Å². The van der Waals surface area contributed by atoms with Crippen LogP contribution in [0.4, 0.5) is 5.69 Å².